The Morgan fingerprint density at radius 2 is 1.79 bits per heavy atom. The number of rotatable bonds is 7. The van der Waals surface area contributed by atoms with E-state index in [1.54, 1.807) is 0 Å². The molecule has 1 N–H and O–H groups in total. The zero-order valence-corrected chi connectivity index (χ0v) is 16.6. The molecule has 1 amide bonds. The highest BCUT2D eigenvalue weighted by Crippen LogP contribution is 2.49. The lowest BCUT2D eigenvalue weighted by Gasteiger charge is -2.20. The minimum absolute atomic E-state index is 0.0711. The summed E-state index contributed by atoms with van der Waals surface area (Å²) in [5.74, 6) is -0.608. The number of esters is 3. The first kappa shape index (κ1) is 20.8. The van der Waals surface area contributed by atoms with Gasteiger partial charge in [0.05, 0.1) is 31.0 Å². The molecule has 1 aromatic carbocycles. The van der Waals surface area contributed by atoms with Crippen LogP contribution in [0.2, 0.25) is 0 Å². The van der Waals surface area contributed by atoms with Crippen molar-refractivity contribution in [1.29, 1.82) is 0 Å². The van der Waals surface area contributed by atoms with Gasteiger partial charge in [-0.25, -0.2) is 9.59 Å². The standard InChI is InChI=1S/C21H25NO7/c1-27-20(25)14-5-6-16(21(26)28-2)17(9-14)22-18(23)11-29-19(24)10-15-8-12-3-4-13(15)7-12/h5-6,9,12-13,15H,3-4,7-8,10-11H2,1-2H3,(H,22,23)/t12-,13+,15-/m0/s1. The second-order valence-corrected chi connectivity index (χ2v) is 7.59. The zero-order valence-electron chi connectivity index (χ0n) is 16.6. The van der Waals surface area contributed by atoms with Crippen LogP contribution in [0.3, 0.4) is 0 Å². The lowest BCUT2D eigenvalue weighted by atomic mass is 9.86. The molecule has 0 saturated heterocycles. The fourth-order valence-electron chi connectivity index (χ4n) is 4.41. The molecule has 156 valence electrons. The first-order chi connectivity index (χ1) is 13.9. The lowest BCUT2D eigenvalue weighted by Crippen LogP contribution is -2.24. The number of carbonyl (C=O) groups excluding carboxylic acids is 4. The van der Waals surface area contributed by atoms with Crippen LogP contribution in [0.4, 0.5) is 5.69 Å². The number of methoxy groups -OCH3 is 2. The third-order valence-electron chi connectivity index (χ3n) is 5.80. The van der Waals surface area contributed by atoms with E-state index in [4.69, 9.17) is 9.47 Å². The average molecular weight is 403 g/mol. The lowest BCUT2D eigenvalue weighted by molar-refractivity contribution is -0.148. The maximum Gasteiger partial charge on any atom is 0.339 e. The molecule has 2 aliphatic rings. The molecule has 1 aromatic rings. The SMILES string of the molecule is COC(=O)c1ccc(C(=O)OC)c(NC(=O)COC(=O)C[C@@H]2C[C@H]3CC[C@@H]2C3)c1. The summed E-state index contributed by atoms with van der Waals surface area (Å²) < 4.78 is 14.5. The van der Waals surface area contributed by atoms with E-state index in [1.807, 2.05) is 0 Å². The van der Waals surface area contributed by atoms with E-state index in [-0.39, 0.29) is 16.8 Å². The fourth-order valence-corrected chi connectivity index (χ4v) is 4.41. The molecule has 2 aliphatic carbocycles. The Labute approximate surface area is 168 Å². The van der Waals surface area contributed by atoms with Crippen LogP contribution in [0.1, 0.15) is 52.8 Å². The van der Waals surface area contributed by atoms with Crippen molar-refractivity contribution in [3.63, 3.8) is 0 Å². The number of amides is 1. The van der Waals surface area contributed by atoms with Crippen LogP contribution >= 0.6 is 0 Å². The van der Waals surface area contributed by atoms with E-state index in [2.05, 4.69) is 10.1 Å². The van der Waals surface area contributed by atoms with E-state index < -0.39 is 30.4 Å². The van der Waals surface area contributed by atoms with Gasteiger partial charge in [-0.15, -0.1) is 0 Å². The summed E-state index contributed by atoms with van der Waals surface area (Å²) in [5.41, 5.74) is 0.305. The summed E-state index contributed by atoms with van der Waals surface area (Å²) in [6.45, 7) is -0.470. The van der Waals surface area contributed by atoms with Crippen LogP contribution in [0.15, 0.2) is 18.2 Å². The molecular weight excluding hydrogens is 378 g/mol. The van der Waals surface area contributed by atoms with Crippen molar-refractivity contribution in [2.24, 2.45) is 17.8 Å². The van der Waals surface area contributed by atoms with Gasteiger partial charge >= 0.3 is 17.9 Å². The molecule has 2 fully saturated rings. The second kappa shape index (κ2) is 9.07. The van der Waals surface area contributed by atoms with Crippen LogP contribution in [-0.2, 0) is 23.8 Å². The van der Waals surface area contributed by atoms with Gasteiger partial charge in [0.15, 0.2) is 6.61 Å². The van der Waals surface area contributed by atoms with Gasteiger partial charge in [0.25, 0.3) is 5.91 Å². The maximum atomic E-state index is 12.2. The topological polar surface area (TPSA) is 108 Å². The molecule has 2 saturated carbocycles. The van der Waals surface area contributed by atoms with Gasteiger partial charge in [0.1, 0.15) is 0 Å². The molecule has 3 rings (SSSR count). The number of nitrogens with one attached hydrogen (secondary N) is 1. The van der Waals surface area contributed by atoms with Crippen molar-refractivity contribution in [2.75, 3.05) is 26.1 Å². The summed E-state index contributed by atoms with van der Waals surface area (Å²) in [4.78, 5) is 48.0. The van der Waals surface area contributed by atoms with E-state index in [1.165, 1.54) is 51.7 Å². The van der Waals surface area contributed by atoms with E-state index >= 15 is 0 Å². The maximum absolute atomic E-state index is 12.2. The van der Waals surface area contributed by atoms with Gasteiger partial charge in [-0.2, -0.15) is 0 Å². The van der Waals surface area contributed by atoms with Crippen molar-refractivity contribution >= 4 is 29.5 Å². The third-order valence-corrected chi connectivity index (χ3v) is 5.80. The Morgan fingerprint density at radius 3 is 2.41 bits per heavy atom. The molecule has 8 nitrogen and oxygen atoms in total. The number of benzene rings is 1. The second-order valence-electron chi connectivity index (χ2n) is 7.59. The van der Waals surface area contributed by atoms with Crippen molar-refractivity contribution in [2.45, 2.75) is 32.1 Å². The predicted molar refractivity (Wildman–Crippen MR) is 102 cm³/mol. The molecule has 29 heavy (non-hydrogen) atoms. The molecule has 0 unspecified atom stereocenters. The Hall–Kier alpha value is -2.90. The van der Waals surface area contributed by atoms with Crippen molar-refractivity contribution in [1.82, 2.24) is 0 Å². The van der Waals surface area contributed by atoms with Gasteiger partial charge in [0, 0.05) is 6.42 Å². The summed E-state index contributed by atoms with van der Waals surface area (Å²) in [5, 5.41) is 2.50. The number of anilines is 1. The Morgan fingerprint density at radius 1 is 1.03 bits per heavy atom. The van der Waals surface area contributed by atoms with E-state index in [0.717, 1.165) is 12.3 Å². The van der Waals surface area contributed by atoms with Crippen molar-refractivity contribution in [3.8, 4) is 0 Å². The summed E-state index contributed by atoms with van der Waals surface area (Å²) in [6.07, 6.45) is 5.03. The Bertz CT molecular complexity index is 819. The number of hydrogen-bond acceptors (Lipinski definition) is 7. The molecule has 3 atom stereocenters. The van der Waals surface area contributed by atoms with Gasteiger partial charge in [-0.1, -0.05) is 6.42 Å². The van der Waals surface area contributed by atoms with Gasteiger partial charge in [-0.3, -0.25) is 9.59 Å². The molecule has 0 radical (unpaired) electrons. The third kappa shape index (κ3) is 4.93. The molecule has 2 bridgehead atoms. The highest BCUT2D eigenvalue weighted by molar-refractivity contribution is 6.04. The van der Waals surface area contributed by atoms with Crippen LogP contribution in [0, 0.1) is 17.8 Å². The highest BCUT2D eigenvalue weighted by atomic mass is 16.5. The smallest absolute Gasteiger partial charge is 0.339 e. The first-order valence-electron chi connectivity index (χ1n) is 9.67. The zero-order chi connectivity index (χ0) is 21.0. The minimum Gasteiger partial charge on any atom is -0.465 e. The predicted octanol–water partition coefficient (Wildman–Crippen LogP) is 2.57. The van der Waals surface area contributed by atoms with Gasteiger partial charge in [-0.05, 0) is 55.2 Å². The molecule has 0 spiro atoms. The molecule has 0 aromatic heterocycles. The normalized spacial score (nSPS) is 22.1. The Balaban J connectivity index is 1.57. The molecular formula is C21H25NO7. The Kier molecular flexibility index (Phi) is 6.51. The minimum atomic E-state index is -0.676. The van der Waals surface area contributed by atoms with Crippen LogP contribution in [-0.4, -0.2) is 44.6 Å². The number of fused-ring (bicyclic) bond motifs is 2. The number of carbonyl (C=O) groups is 4. The van der Waals surface area contributed by atoms with E-state index in [9.17, 15) is 19.2 Å². The molecule has 8 heteroatoms. The average Bonchev–Trinajstić information content (AvgIpc) is 3.34. The van der Waals surface area contributed by atoms with Crippen LogP contribution < -0.4 is 5.32 Å². The highest BCUT2D eigenvalue weighted by Gasteiger charge is 2.40. The van der Waals surface area contributed by atoms with Crippen LogP contribution in [0.25, 0.3) is 0 Å². The van der Waals surface area contributed by atoms with Gasteiger partial charge in [0.2, 0.25) is 0 Å². The van der Waals surface area contributed by atoms with Crippen LogP contribution in [0.5, 0.6) is 0 Å². The largest absolute Gasteiger partial charge is 0.465 e. The van der Waals surface area contributed by atoms with Crippen molar-refractivity contribution in [3.05, 3.63) is 29.3 Å². The summed E-state index contributed by atoms with van der Waals surface area (Å²) in [7, 11) is 2.43. The first-order valence-corrected chi connectivity index (χ1v) is 9.67. The van der Waals surface area contributed by atoms with Crippen molar-refractivity contribution < 1.29 is 33.4 Å². The monoisotopic (exact) mass is 403 g/mol. The molecule has 0 heterocycles. The number of hydrogen-bond donors (Lipinski definition) is 1. The number of ether oxygens (including phenoxy) is 3. The van der Waals surface area contributed by atoms with E-state index in [0.29, 0.717) is 18.3 Å². The fraction of sp³-hybridized carbons (Fsp3) is 0.524. The molecule has 0 aliphatic heterocycles. The summed E-state index contributed by atoms with van der Waals surface area (Å²) in [6, 6.07) is 4.06. The van der Waals surface area contributed by atoms with Gasteiger partial charge < -0.3 is 19.5 Å². The quantitative estimate of drug-likeness (QED) is 0.551. The summed E-state index contributed by atoms with van der Waals surface area (Å²) >= 11 is 0.